The van der Waals surface area contributed by atoms with Crippen molar-refractivity contribution in [3.05, 3.63) is 68.4 Å². The lowest BCUT2D eigenvalue weighted by molar-refractivity contribution is -0.134. The molecule has 1 amide bonds. The predicted octanol–water partition coefficient (Wildman–Crippen LogP) is 2.72. The van der Waals surface area contributed by atoms with E-state index in [1.54, 1.807) is 28.9 Å². The summed E-state index contributed by atoms with van der Waals surface area (Å²) in [5.74, 6) is 0.437. The molecule has 1 saturated heterocycles. The van der Waals surface area contributed by atoms with Crippen LogP contribution >= 0.6 is 11.6 Å². The van der Waals surface area contributed by atoms with Crippen LogP contribution < -0.4 is 21.7 Å². The third-order valence-electron chi connectivity index (χ3n) is 6.43. The van der Waals surface area contributed by atoms with Crippen molar-refractivity contribution in [1.82, 2.24) is 29.5 Å². The van der Waals surface area contributed by atoms with Crippen LogP contribution in [0.1, 0.15) is 45.7 Å². The lowest BCUT2D eigenvalue weighted by Crippen LogP contribution is -2.41. The first-order valence-corrected chi connectivity index (χ1v) is 13.2. The van der Waals surface area contributed by atoms with Gasteiger partial charge in [0.25, 0.3) is 0 Å². The molecule has 0 saturated carbocycles. The van der Waals surface area contributed by atoms with E-state index in [4.69, 9.17) is 21.6 Å². The van der Waals surface area contributed by atoms with Crippen LogP contribution in [0.5, 0.6) is 5.88 Å². The highest BCUT2D eigenvalue weighted by molar-refractivity contribution is 6.30. The molecule has 0 aliphatic carbocycles. The predicted molar refractivity (Wildman–Crippen MR) is 149 cm³/mol. The third kappa shape index (κ3) is 6.31. The number of aromatic hydroxyl groups is 1. The van der Waals surface area contributed by atoms with Crippen LogP contribution in [0.4, 0.5) is 11.5 Å². The van der Waals surface area contributed by atoms with Gasteiger partial charge < -0.3 is 20.3 Å². The number of nitrogens with zero attached hydrogens (tertiary/aromatic N) is 5. The topological polar surface area (TPSA) is 144 Å². The number of hydrogen-bond donors (Lipinski definition) is 4. The summed E-state index contributed by atoms with van der Waals surface area (Å²) in [6.45, 7) is 7.52. The standard InChI is InChI=1S/C27H31ClN8O3/c1-27(2,3)14-23(37)35-9-7-18(8-10-35)31-22-13-21(30-19-6-4-5-17(28)12-19)33-24-16(15-29-36(22)24)11-20-25(38)34-26(39)32-20/h4-6,11-13,15,18,30,38H,7-10,14H2,1-3H3,(H2,32,34,39)/b16-11+,31-22?. The van der Waals surface area contributed by atoms with Gasteiger partial charge in [-0.2, -0.15) is 9.61 Å². The van der Waals surface area contributed by atoms with Gasteiger partial charge in [0.05, 0.1) is 12.2 Å². The maximum absolute atomic E-state index is 12.7. The molecule has 0 bridgehead atoms. The molecule has 5 rings (SSSR count). The first kappa shape index (κ1) is 26.5. The highest BCUT2D eigenvalue weighted by Gasteiger charge is 2.25. The van der Waals surface area contributed by atoms with E-state index in [0.29, 0.717) is 46.7 Å². The van der Waals surface area contributed by atoms with Gasteiger partial charge in [-0.25, -0.2) is 9.78 Å². The van der Waals surface area contributed by atoms with E-state index in [-0.39, 0.29) is 28.9 Å². The van der Waals surface area contributed by atoms with E-state index < -0.39 is 5.69 Å². The maximum Gasteiger partial charge on any atom is 0.326 e. The Labute approximate surface area is 229 Å². The number of aromatic amines is 2. The van der Waals surface area contributed by atoms with Crippen LogP contribution in [-0.2, 0) is 4.79 Å². The van der Waals surface area contributed by atoms with E-state index in [1.807, 2.05) is 23.1 Å². The number of likely N-dealkylation sites (tertiary alicyclic amines) is 1. The molecule has 204 valence electrons. The highest BCUT2D eigenvalue weighted by atomic mass is 35.5. The summed E-state index contributed by atoms with van der Waals surface area (Å²) in [6.07, 6.45) is 5.20. The van der Waals surface area contributed by atoms with Gasteiger partial charge in [0.1, 0.15) is 11.5 Å². The fraction of sp³-hybridized carbons (Fsp3) is 0.370. The van der Waals surface area contributed by atoms with Gasteiger partial charge in [-0.1, -0.05) is 38.4 Å². The minimum Gasteiger partial charge on any atom is -0.493 e. The van der Waals surface area contributed by atoms with Gasteiger partial charge in [-0.05, 0) is 42.5 Å². The van der Waals surface area contributed by atoms with Crippen molar-refractivity contribution in [2.75, 3.05) is 18.4 Å². The first-order chi connectivity index (χ1) is 18.5. The van der Waals surface area contributed by atoms with Gasteiger partial charge in [0.15, 0.2) is 11.1 Å². The van der Waals surface area contributed by atoms with Gasteiger partial charge >= 0.3 is 5.69 Å². The van der Waals surface area contributed by atoms with E-state index in [9.17, 15) is 14.7 Å². The molecule has 4 N–H and O–H groups in total. The van der Waals surface area contributed by atoms with Crippen LogP contribution in [0.2, 0.25) is 5.02 Å². The van der Waals surface area contributed by atoms with Crippen LogP contribution in [0.25, 0.3) is 11.7 Å². The first-order valence-electron chi connectivity index (χ1n) is 12.8. The number of piperidine rings is 1. The van der Waals surface area contributed by atoms with E-state index in [2.05, 4.69) is 41.2 Å². The zero-order valence-electron chi connectivity index (χ0n) is 22.0. The number of halogens is 1. The number of anilines is 2. The normalized spacial score (nSPS) is 15.8. The summed E-state index contributed by atoms with van der Waals surface area (Å²) in [5.41, 5.74) is 1.49. The third-order valence-corrected chi connectivity index (χ3v) is 6.66. The van der Waals surface area contributed by atoms with Crippen molar-refractivity contribution in [2.24, 2.45) is 10.4 Å². The fourth-order valence-corrected chi connectivity index (χ4v) is 4.77. The number of carbonyl (C=O) groups is 1. The Balaban J connectivity index is 1.51. The minimum atomic E-state index is -0.519. The SMILES string of the molecule is CC(C)(C)CC(=O)N1CCC(N=c2cc(Nc3cccc(Cl)c3)nc3/c(=C/c4[nH]c(=O)[nH]c4O)cnn23)CC1. The summed E-state index contributed by atoms with van der Waals surface area (Å²) < 4.78 is 1.63. The number of amides is 1. The quantitative estimate of drug-likeness (QED) is 0.301. The molecule has 3 aromatic heterocycles. The Hall–Kier alpha value is -4.12. The van der Waals surface area contributed by atoms with E-state index in [0.717, 1.165) is 18.5 Å². The second kappa shape index (κ2) is 10.6. The lowest BCUT2D eigenvalue weighted by Gasteiger charge is -2.32. The number of aromatic nitrogens is 5. The molecule has 4 aromatic rings. The minimum absolute atomic E-state index is 0.00927. The summed E-state index contributed by atoms with van der Waals surface area (Å²) in [5, 5.41) is 19.0. The number of carbonyl (C=O) groups excluding carboxylic acids is 1. The number of rotatable bonds is 5. The highest BCUT2D eigenvalue weighted by Crippen LogP contribution is 2.22. The lowest BCUT2D eigenvalue weighted by atomic mass is 9.91. The Morgan fingerprint density at radius 2 is 2.03 bits per heavy atom. The second-order valence-corrected chi connectivity index (χ2v) is 11.4. The van der Waals surface area contributed by atoms with Crippen molar-refractivity contribution >= 4 is 40.7 Å². The number of imidazole rings is 1. The molecule has 1 aliphatic heterocycles. The number of hydrogen-bond acceptors (Lipinski definition) is 7. The molecule has 39 heavy (non-hydrogen) atoms. The monoisotopic (exact) mass is 550 g/mol. The van der Waals surface area contributed by atoms with Crippen LogP contribution in [0, 0.1) is 5.41 Å². The molecule has 0 spiro atoms. The molecule has 0 atom stereocenters. The average molecular weight is 551 g/mol. The molecule has 0 unspecified atom stereocenters. The molecular formula is C27H31ClN8O3. The fourth-order valence-electron chi connectivity index (χ4n) is 4.58. The summed E-state index contributed by atoms with van der Waals surface area (Å²) >= 11 is 6.17. The van der Waals surface area contributed by atoms with Crippen molar-refractivity contribution in [2.45, 2.75) is 46.1 Å². The molecular weight excluding hydrogens is 520 g/mol. The van der Waals surface area contributed by atoms with Crippen LogP contribution in [-0.4, -0.2) is 59.6 Å². The second-order valence-electron chi connectivity index (χ2n) is 10.9. The average Bonchev–Trinajstić information content (AvgIpc) is 3.40. The van der Waals surface area contributed by atoms with Gasteiger partial charge in [0, 0.05) is 41.5 Å². The van der Waals surface area contributed by atoms with Crippen molar-refractivity contribution in [1.29, 1.82) is 0 Å². The zero-order valence-corrected chi connectivity index (χ0v) is 22.8. The summed E-state index contributed by atoms with van der Waals surface area (Å²) in [4.78, 5) is 40.8. The number of benzene rings is 1. The number of H-pyrrole nitrogens is 2. The van der Waals surface area contributed by atoms with E-state index in [1.165, 1.54) is 0 Å². The Morgan fingerprint density at radius 3 is 2.69 bits per heavy atom. The molecule has 1 fully saturated rings. The molecule has 0 radical (unpaired) electrons. The van der Waals surface area contributed by atoms with Crippen molar-refractivity contribution in [3.8, 4) is 5.88 Å². The Kier molecular flexibility index (Phi) is 7.17. The van der Waals surface area contributed by atoms with Gasteiger partial charge in [-0.15, -0.1) is 0 Å². The van der Waals surface area contributed by atoms with Gasteiger partial charge in [0.2, 0.25) is 11.8 Å². The maximum atomic E-state index is 12.7. The Morgan fingerprint density at radius 1 is 1.26 bits per heavy atom. The van der Waals surface area contributed by atoms with Crippen molar-refractivity contribution < 1.29 is 9.90 Å². The smallest absolute Gasteiger partial charge is 0.326 e. The Bertz CT molecular complexity index is 1690. The molecule has 1 aliphatic rings. The summed E-state index contributed by atoms with van der Waals surface area (Å²) in [7, 11) is 0. The van der Waals surface area contributed by atoms with Crippen LogP contribution in [0.3, 0.4) is 0 Å². The molecule has 11 nitrogen and oxygen atoms in total. The molecule has 1 aromatic carbocycles. The zero-order chi connectivity index (χ0) is 27.7. The molecule has 4 heterocycles. The van der Waals surface area contributed by atoms with Crippen LogP contribution in [0.15, 0.2) is 46.3 Å². The largest absolute Gasteiger partial charge is 0.493 e. The number of fused-ring (bicyclic) bond motifs is 1. The van der Waals surface area contributed by atoms with E-state index >= 15 is 0 Å². The molecule has 12 heteroatoms. The summed E-state index contributed by atoms with van der Waals surface area (Å²) in [6, 6.07) is 9.13. The van der Waals surface area contributed by atoms with Gasteiger partial charge in [-0.3, -0.25) is 14.8 Å². The van der Waals surface area contributed by atoms with Crippen molar-refractivity contribution in [3.63, 3.8) is 0 Å². The number of nitrogens with one attached hydrogen (secondary N) is 3.